The summed E-state index contributed by atoms with van der Waals surface area (Å²) in [5.41, 5.74) is 19.1. The molecule has 0 spiro atoms. The maximum Gasteiger partial charge on any atom is 0.138 e. The molecule has 3 heterocycles. The fourth-order valence-corrected chi connectivity index (χ4v) is 10.6. The highest BCUT2D eigenvalue weighted by Gasteiger charge is 2.29. The van der Waals surface area contributed by atoms with Gasteiger partial charge in [0.1, 0.15) is 12.5 Å². The van der Waals surface area contributed by atoms with Gasteiger partial charge in [-0.05, 0) is 106 Å². The summed E-state index contributed by atoms with van der Waals surface area (Å²) in [6.45, 7) is 0.677. The molecule has 0 saturated heterocycles. The third-order valence-electron chi connectivity index (χ3n) is 13.9. The standard InChI is InChI=1S/C66H47N5/c1-5-21-47(22-6-1)55-31-13-14-32-56(55)50-41-42-67-65(43-50)71-61-36-16-15-33-59(61)60-40-39-54(45-64(60)71)70(66-57(48-23-7-2-8-24-48)34-20-35-58(66)49-25-9-3-10-26-49)53-30-19-29-52(44-53)69-46-68(51-27-11-4-12-28-51)62-37-17-18-38-63(62)69/h1-45H,46H2. The number of benzene rings is 10. The maximum absolute atomic E-state index is 5.15. The van der Waals surface area contributed by atoms with Crippen molar-refractivity contribution in [2.45, 2.75) is 0 Å². The fourth-order valence-electron chi connectivity index (χ4n) is 10.6. The van der Waals surface area contributed by atoms with E-state index in [0.29, 0.717) is 6.67 Å². The molecule has 0 aliphatic carbocycles. The van der Waals surface area contributed by atoms with Crippen molar-refractivity contribution in [2.75, 3.05) is 21.4 Å². The van der Waals surface area contributed by atoms with Gasteiger partial charge >= 0.3 is 0 Å². The van der Waals surface area contributed by atoms with Crippen molar-refractivity contribution in [3.05, 3.63) is 273 Å². The van der Waals surface area contributed by atoms with Gasteiger partial charge in [-0.15, -0.1) is 0 Å². The van der Waals surface area contributed by atoms with Gasteiger partial charge in [0, 0.05) is 50.8 Å². The third kappa shape index (κ3) is 7.48. The molecular formula is C66H47N5. The topological polar surface area (TPSA) is 27.5 Å². The molecule has 1 aliphatic rings. The Hall–Kier alpha value is -9.45. The van der Waals surface area contributed by atoms with E-state index in [9.17, 15) is 0 Å². The summed E-state index contributed by atoms with van der Waals surface area (Å²) < 4.78 is 2.35. The van der Waals surface area contributed by atoms with E-state index in [-0.39, 0.29) is 0 Å². The Balaban J connectivity index is 1.04. The molecule has 336 valence electrons. The summed E-state index contributed by atoms with van der Waals surface area (Å²) in [6.07, 6.45) is 1.95. The zero-order valence-corrected chi connectivity index (χ0v) is 38.9. The Labute approximate surface area is 414 Å². The minimum absolute atomic E-state index is 0.677. The molecule has 12 aromatic rings. The Bertz CT molecular complexity index is 3810. The van der Waals surface area contributed by atoms with E-state index in [2.05, 4.69) is 286 Å². The number of rotatable bonds is 10. The smallest absolute Gasteiger partial charge is 0.138 e. The van der Waals surface area contributed by atoms with E-state index >= 15 is 0 Å². The molecule has 71 heavy (non-hydrogen) atoms. The second-order valence-electron chi connectivity index (χ2n) is 18.0. The van der Waals surface area contributed by atoms with E-state index in [4.69, 9.17) is 4.98 Å². The summed E-state index contributed by atoms with van der Waals surface area (Å²) in [5.74, 6) is 0.854. The molecule has 0 atom stereocenters. The van der Waals surface area contributed by atoms with Crippen LogP contribution in [-0.2, 0) is 0 Å². The van der Waals surface area contributed by atoms with Crippen LogP contribution in [0, 0.1) is 0 Å². The largest absolute Gasteiger partial charge is 0.321 e. The van der Waals surface area contributed by atoms with Crippen molar-refractivity contribution < 1.29 is 0 Å². The molecular weight excluding hydrogens is 863 g/mol. The van der Waals surface area contributed by atoms with Crippen LogP contribution in [0.2, 0.25) is 0 Å². The van der Waals surface area contributed by atoms with Crippen LogP contribution in [0.1, 0.15) is 0 Å². The number of hydrogen-bond acceptors (Lipinski definition) is 4. The van der Waals surface area contributed by atoms with Crippen molar-refractivity contribution >= 4 is 61.6 Å². The van der Waals surface area contributed by atoms with Gasteiger partial charge in [0.15, 0.2) is 0 Å². The monoisotopic (exact) mass is 909 g/mol. The van der Waals surface area contributed by atoms with Crippen LogP contribution in [0.15, 0.2) is 273 Å². The lowest BCUT2D eigenvalue weighted by atomic mass is 9.94. The van der Waals surface area contributed by atoms with Crippen molar-refractivity contribution in [3.63, 3.8) is 0 Å². The summed E-state index contributed by atoms with van der Waals surface area (Å²) in [6, 6.07) is 96.1. The molecule has 0 N–H and O–H groups in total. The lowest BCUT2D eigenvalue weighted by molar-refractivity contribution is 0.991. The normalized spacial score (nSPS) is 12.1. The van der Waals surface area contributed by atoms with E-state index in [1.807, 2.05) is 6.20 Å². The van der Waals surface area contributed by atoms with Crippen LogP contribution in [0.5, 0.6) is 0 Å². The number of hydrogen-bond donors (Lipinski definition) is 0. The van der Waals surface area contributed by atoms with Crippen molar-refractivity contribution in [3.8, 4) is 50.3 Å². The highest BCUT2D eigenvalue weighted by atomic mass is 15.4. The molecule has 0 radical (unpaired) electrons. The first-order chi connectivity index (χ1) is 35.2. The lowest BCUT2D eigenvalue weighted by Crippen LogP contribution is -2.24. The van der Waals surface area contributed by atoms with Crippen LogP contribution in [-0.4, -0.2) is 16.2 Å². The highest BCUT2D eigenvalue weighted by Crippen LogP contribution is 2.50. The zero-order chi connectivity index (χ0) is 47.1. The Morgan fingerprint density at radius 3 is 1.51 bits per heavy atom. The van der Waals surface area contributed by atoms with Gasteiger partial charge in [0.05, 0.1) is 28.1 Å². The zero-order valence-electron chi connectivity index (χ0n) is 38.9. The molecule has 10 aromatic carbocycles. The van der Waals surface area contributed by atoms with Crippen LogP contribution >= 0.6 is 0 Å². The molecule has 0 saturated carbocycles. The number of anilines is 7. The maximum atomic E-state index is 5.15. The van der Waals surface area contributed by atoms with E-state index in [1.54, 1.807) is 0 Å². The number of pyridine rings is 1. The van der Waals surface area contributed by atoms with E-state index in [0.717, 1.165) is 84.1 Å². The predicted molar refractivity (Wildman–Crippen MR) is 297 cm³/mol. The SMILES string of the molecule is c1ccc(-c2ccccc2-c2ccnc(-n3c4ccccc4c4ccc(N(c5cccc(N6CN(c7ccccc7)c7ccccc76)c5)c5c(-c6ccccc6)cccc5-c5ccccc5)cc43)c2)cc1. The van der Waals surface area contributed by atoms with Crippen molar-refractivity contribution in [2.24, 2.45) is 0 Å². The lowest BCUT2D eigenvalue weighted by Gasteiger charge is -2.31. The Kier molecular flexibility index (Phi) is 10.5. The summed E-state index contributed by atoms with van der Waals surface area (Å²) in [7, 11) is 0. The van der Waals surface area contributed by atoms with Gasteiger partial charge in [0.25, 0.3) is 0 Å². The quantitative estimate of drug-likeness (QED) is 0.137. The van der Waals surface area contributed by atoms with Crippen molar-refractivity contribution in [1.29, 1.82) is 0 Å². The molecule has 0 unspecified atom stereocenters. The second kappa shape index (κ2) is 17.9. The number of aromatic nitrogens is 2. The molecule has 0 amide bonds. The molecule has 2 aromatic heterocycles. The fraction of sp³-hybridized carbons (Fsp3) is 0.0152. The minimum Gasteiger partial charge on any atom is -0.321 e. The summed E-state index contributed by atoms with van der Waals surface area (Å²) >= 11 is 0. The summed E-state index contributed by atoms with van der Waals surface area (Å²) in [4.78, 5) is 12.5. The van der Waals surface area contributed by atoms with Gasteiger partial charge in [-0.2, -0.15) is 0 Å². The molecule has 5 heteroatoms. The van der Waals surface area contributed by atoms with Gasteiger partial charge < -0.3 is 14.7 Å². The minimum atomic E-state index is 0.677. The Morgan fingerprint density at radius 2 is 0.831 bits per heavy atom. The van der Waals surface area contributed by atoms with Gasteiger partial charge in [-0.25, -0.2) is 4.98 Å². The third-order valence-corrected chi connectivity index (χ3v) is 13.9. The molecule has 5 nitrogen and oxygen atoms in total. The van der Waals surface area contributed by atoms with Crippen LogP contribution < -0.4 is 14.7 Å². The average molecular weight is 910 g/mol. The van der Waals surface area contributed by atoms with E-state index < -0.39 is 0 Å². The first kappa shape index (κ1) is 41.7. The van der Waals surface area contributed by atoms with E-state index in [1.165, 1.54) is 27.9 Å². The first-order valence-corrected chi connectivity index (χ1v) is 24.2. The summed E-state index contributed by atoms with van der Waals surface area (Å²) in [5, 5.41) is 2.33. The Morgan fingerprint density at radius 1 is 0.338 bits per heavy atom. The molecule has 0 bridgehead atoms. The second-order valence-corrected chi connectivity index (χ2v) is 18.0. The first-order valence-electron chi connectivity index (χ1n) is 24.2. The average Bonchev–Trinajstić information content (AvgIpc) is 4.01. The number of para-hydroxylation sites is 5. The van der Waals surface area contributed by atoms with Crippen molar-refractivity contribution in [1.82, 2.24) is 9.55 Å². The van der Waals surface area contributed by atoms with Crippen LogP contribution in [0.25, 0.3) is 72.1 Å². The number of nitrogens with zero attached hydrogens (tertiary/aromatic N) is 5. The molecule has 0 fully saturated rings. The highest BCUT2D eigenvalue weighted by molar-refractivity contribution is 6.11. The van der Waals surface area contributed by atoms with Crippen LogP contribution in [0.4, 0.5) is 39.8 Å². The van der Waals surface area contributed by atoms with Crippen LogP contribution in [0.3, 0.4) is 0 Å². The van der Waals surface area contributed by atoms with Gasteiger partial charge in [0.2, 0.25) is 0 Å². The van der Waals surface area contributed by atoms with Gasteiger partial charge in [-0.1, -0.05) is 194 Å². The molecule has 13 rings (SSSR count). The predicted octanol–water partition coefficient (Wildman–Crippen LogP) is 17.6. The van der Waals surface area contributed by atoms with Gasteiger partial charge in [-0.3, -0.25) is 4.57 Å². The molecule has 1 aliphatic heterocycles. The number of fused-ring (bicyclic) bond motifs is 4.